The molecule has 4 N–H and O–H groups in total. The smallest absolute Gasteiger partial charge is 0.407 e. The van der Waals surface area contributed by atoms with Crippen LogP contribution in [0.25, 0.3) is 0 Å². The maximum Gasteiger partial charge on any atom is 0.407 e. The molecule has 0 aliphatic carbocycles. The SMILES string of the molecule is C=CCO[C@@H]1OC(CO[C@@H]2OC(CO[C@@H]3OC(CO)[C@@H](C)[C@H](C)C3NC(=O)OCC(Cl)(Cl)Cl)[C@@H](C)[C@H](C)C2NC(=O)OCC(Cl)(Cl)Cl)[C@@H](C)[C@H](C)C1NC(=O)OCC(Cl)(Cl)Cl. The van der Waals surface area contributed by atoms with E-state index in [0.717, 1.165) is 0 Å². The quantitative estimate of drug-likeness (QED) is 0.0673. The number of hydrogen-bond donors (Lipinski definition) is 4. The molecular formula is C36H54Cl9N3O13. The highest BCUT2D eigenvalue weighted by molar-refractivity contribution is 6.68. The number of alkyl halides is 9. The predicted molar refractivity (Wildman–Crippen MR) is 232 cm³/mol. The molecule has 3 aliphatic heterocycles. The lowest BCUT2D eigenvalue weighted by Gasteiger charge is -2.47. The van der Waals surface area contributed by atoms with Crippen LogP contribution < -0.4 is 16.0 Å². The molecule has 25 heteroatoms. The molecule has 0 spiro atoms. The Morgan fingerprint density at radius 3 is 1.13 bits per heavy atom. The van der Waals surface area contributed by atoms with Crippen molar-refractivity contribution in [1.29, 1.82) is 0 Å². The summed E-state index contributed by atoms with van der Waals surface area (Å²) in [4.78, 5) is 38.5. The van der Waals surface area contributed by atoms with Crippen LogP contribution in [-0.4, -0.2) is 136 Å². The van der Waals surface area contributed by atoms with Gasteiger partial charge < -0.3 is 63.7 Å². The van der Waals surface area contributed by atoms with Crippen molar-refractivity contribution in [3.8, 4) is 0 Å². The third-order valence-corrected chi connectivity index (χ3v) is 12.1. The molecule has 0 aromatic carbocycles. The van der Waals surface area contributed by atoms with Gasteiger partial charge in [-0.15, -0.1) is 6.58 Å². The van der Waals surface area contributed by atoms with Crippen molar-refractivity contribution in [2.24, 2.45) is 35.5 Å². The molecule has 0 aromatic rings. The highest BCUT2D eigenvalue weighted by Crippen LogP contribution is 2.37. The van der Waals surface area contributed by atoms with Crippen LogP contribution in [0.3, 0.4) is 0 Å². The van der Waals surface area contributed by atoms with E-state index in [0.29, 0.717) is 0 Å². The zero-order chi connectivity index (χ0) is 46.0. The van der Waals surface area contributed by atoms with Gasteiger partial charge in [0.05, 0.1) is 62.9 Å². The summed E-state index contributed by atoms with van der Waals surface area (Å²) in [6.07, 6.45) is -6.22. The lowest BCUT2D eigenvalue weighted by molar-refractivity contribution is -0.293. The third-order valence-electron chi connectivity index (χ3n) is 11.1. The van der Waals surface area contributed by atoms with Crippen LogP contribution in [0.2, 0.25) is 0 Å². The molecule has 0 bridgehead atoms. The number of carbonyl (C=O) groups is 3. The van der Waals surface area contributed by atoms with Crippen molar-refractivity contribution < 1.29 is 62.1 Å². The fourth-order valence-corrected chi connectivity index (χ4v) is 7.51. The topological polar surface area (TPSA) is 191 Å². The summed E-state index contributed by atoms with van der Waals surface area (Å²) < 4.78 is 47.5. The lowest BCUT2D eigenvalue weighted by atomic mass is 9.81. The van der Waals surface area contributed by atoms with Gasteiger partial charge in [-0.3, -0.25) is 0 Å². The minimum absolute atomic E-state index is 0.0772. The standard InChI is InChI=1S/C36H54Cl9N3O13/c1-8-9-53-28-25(46-31(50)56-13-34(37,38)39)20(6)17(3)23(60-28)11-55-30-27(48-33(52)58-15-36(43,44)45)21(7)18(4)24(61-30)12-54-29-26(19(5)16(2)22(10-49)59-29)47-32(51)57-14-35(40,41)42/h8,16-30,49H,1,9-15H2,2-7H3,(H,46,50)(H,47,51)(H,48,52)/t16-,17-,18-,19-,20-,21-,22?,23?,24?,25?,26?,27?,28+,29+,30+/m0/s1. The van der Waals surface area contributed by atoms with E-state index in [2.05, 4.69) is 22.5 Å². The van der Waals surface area contributed by atoms with Crippen LogP contribution in [-0.2, 0) is 42.6 Å². The van der Waals surface area contributed by atoms with E-state index < -0.39 is 105 Å². The molecule has 354 valence electrons. The molecule has 3 aliphatic rings. The van der Waals surface area contributed by atoms with Gasteiger partial charge in [0.15, 0.2) is 18.9 Å². The number of ether oxygens (including phenoxy) is 9. The van der Waals surface area contributed by atoms with E-state index >= 15 is 0 Å². The second-order valence-corrected chi connectivity index (χ2v) is 22.9. The molecule has 3 amide bonds. The molecule has 3 rings (SSSR count). The Balaban J connectivity index is 1.83. The van der Waals surface area contributed by atoms with Crippen molar-refractivity contribution in [3.63, 3.8) is 0 Å². The highest BCUT2D eigenvalue weighted by atomic mass is 35.6. The largest absolute Gasteiger partial charge is 0.445 e. The Bertz CT molecular complexity index is 1430. The summed E-state index contributed by atoms with van der Waals surface area (Å²) in [5, 5.41) is 18.4. The summed E-state index contributed by atoms with van der Waals surface area (Å²) >= 11 is 52.0. The maximum atomic E-state index is 13.0. The van der Waals surface area contributed by atoms with Crippen LogP contribution in [0.5, 0.6) is 0 Å². The van der Waals surface area contributed by atoms with Gasteiger partial charge in [0, 0.05) is 0 Å². The van der Waals surface area contributed by atoms with E-state index in [-0.39, 0.29) is 61.9 Å². The van der Waals surface area contributed by atoms with Crippen LogP contribution in [0.15, 0.2) is 12.7 Å². The third kappa shape index (κ3) is 17.9. The molecule has 0 saturated carbocycles. The van der Waals surface area contributed by atoms with Crippen molar-refractivity contribution in [2.45, 2.75) is 108 Å². The molecule has 15 atom stereocenters. The number of hydrogen-bond acceptors (Lipinski definition) is 13. The maximum absolute atomic E-state index is 13.0. The molecule has 3 saturated heterocycles. The lowest BCUT2D eigenvalue weighted by Crippen LogP contribution is -2.61. The minimum atomic E-state index is -1.86. The average Bonchev–Trinajstić information content (AvgIpc) is 3.16. The van der Waals surface area contributed by atoms with Crippen molar-refractivity contribution in [2.75, 3.05) is 46.2 Å². The number of aliphatic hydroxyl groups excluding tert-OH is 1. The van der Waals surface area contributed by atoms with E-state index in [1.807, 2.05) is 41.5 Å². The fraction of sp³-hybridized carbons (Fsp3) is 0.861. The van der Waals surface area contributed by atoms with E-state index in [4.69, 9.17) is 147 Å². The van der Waals surface area contributed by atoms with Gasteiger partial charge in [0.1, 0.15) is 19.8 Å². The summed E-state index contributed by atoms with van der Waals surface area (Å²) in [6, 6.07) is -2.27. The fourth-order valence-electron chi connectivity index (χ4n) is 7.02. The summed E-state index contributed by atoms with van der Waals surface area (Å²) in [5.74, 6) is -1.68. The van der Waals surface area contributed by atoms with Gasteiger partial charge in [-0.05, 0) is 35.5 Å². The Hall–Kier alpha value is -0.120. The zero-order valence-electron chi connectivity index (χ0n) is 34.1. The summed E-state index contributed by atoms with van der Waals surface area (Å²) in [5.41, 5.74) is 0. The van der Waals surface area contributed by atoms with Gasteiger partial charge in [0.2, 0.25) is 11.4 Å². The van der Waals surface area contributed by atoms with Crippen molar-refractivity contribution in [1.82, 2.24) is 16.0 Å². The Labute approximate surface area is 400 Å². The minimum Gasteiger partial charge on any atom is -0.445 e. The predicted octanol–water partition coefficient (Wildman–Crippen LogP) is 7.60. The number of carbonyl (C=O) groups excluding carboxylic acids is 3. The first-order chi connectivity index (χ1) is 28.2. The summed E-state index contributed by atoms with van der Waals surface area (Å²) in [7, 11) is 0. The Morgan fingerprint density at radius 1 is 0.541 bits per heavy atom. The van der Waals surface area contributed by atoms with Gasteiger partial charge in [0.25, 0.3) is 0 Å². The highest BCUT2D eigenvalue weighted by Gasteiger charge is 2.48. The number of halogens is 9. The first kappa shape index (κ1) is 55.2. The van der Waals surface area contributed by atoms with Crippen LogP contribution in [0.4, 0.5) is 14.4 Å². The number of amides is 3. The monoisotopic (exact) mass is 1050 g/mol. The van der Waals surface area contributed by atoms with Gasteiger partial charge in [-0.1, -0.05) is 152 Å². The number of rotatable bonds is 16. The molecule has 3 heterocycles. The van der Waals surface area contributed by atoms with Gasteiger partial charge in [-0.25, -0.2) is 14.4 Å². The normalized spacial score (nSPS) is 34.8. The second-order valence-electron chi connectivity index (χ2n) is 15.3. The van der Waals surface area contributed by atoms with Gasteiger partial charge >= 0.3 is 18.3 Å². The van der Waals surface area contributed by atoms with Crippen molar-refractivity contribution >= 4 is 123 Å². The molecule has 61 heavy (non-hydrogen) atoms. The zero-order valence-corrected chi connectivity index (χ0v) is 40.9. The van der Waals surface area contributed by atoms with Crippen LogP contribution in [0, 0.1) is 35.5 Å². The average molecular weight is 1060 g/mol. The first-order valence-corrected chi connectivity index (χ1v) is 22.7. The molecule has 0 radical (unpaired) electrons. The van der Waals surface area contributed by atoms with E-state index in [1.165, 1.54) is 6.08 Å². The van der Waals surface area contributed by atoms with E-state index in [9.17, 15) is 19.5 Å². The van der Waals surface area contributed by atoms with Crippen LogP contribution in [0.1, 0.15) is 41.5 Å². The molecular weight excluding hydrogens is 1000 g/mol. The molecule has 16 nitrogen and oxygen atoms in total. The summed E-state index contributed by atoms with van der Waals surface area (Å²) in [6.45, 7) is 13.1. The Kier molecular flexibility index (Phi) is 22.3. The number of nitrogens with one attached hydrogen (secondary N) is 3. The van der Waals surface area contributed by atoms with Crippen LogP contribution >= 0.6 is 104 Å². The Morgan fingerprint density at radius 2 is 0.836 bits per heavy atom. The second kappa shape index (κ2) is 24.6. The molecule has 6 unspecified atom stereocenters. The van der Waals surface area contributed by atoms with Crippen molar-refractivity contribution in [3.05, 3.63) is 12.7 Å². The van der Waals surface area contributed by atoms with E-state index in [1.54, 1.807) is 0 Å². The molecule has 0 aromatic heterocycles. The van der Waals surface area contributed by atoms with Gasteiger partial charge in [-0.2, -0.15) is 0 Å². The first-order valence-electron chi connectivity index (χ1n) is 19.3. The molecule has 3 fully saturated rings. The number of aliphatic hydroxyl groups is 1. The number of alkyl carbamates (subject to hydrolysis) is 3.